The zero-order chi connectivity index (χ0) is 17.6. The van der Waals surface area contributed by atoms with E-state index in [1.54, 1.807) is 0 Å². The van der Waals surface area contributed by atoms with E-state index in [1.165, 1.54) is 5.56 Å². The summed E-state index contributed by atoms with van der Waals surface area (Å²) < 4.78 is 0. The Labute approximate surface area is 151 Å². The molecule has 1 N–H and O–H groups in total. The van der Waals surface area contributed by atoms with Gasteiger partial charge in [-0.25, -0.2) is 0 Å². The van der Waals surface area contributed by atoms with Gasteiger partial charge in [0.15, 0.2) is 0 Å². The Bertz CT molecular complexity index is 543. The molecule has 5 nitrogen and oxygen atoms in total. The summed E-state index contributed by atoms with van der Waals surface area (Å²) in [5.41, 5.74) is 1.39. The summed E-state index contributed by atoms with van der Waals surface area (Å²) >= 11 is 0. The highest BCUT2D eigenvalue weighted by Crippen LogP contribution is 2.16. The Balaban J connectivity index is 1.39. The largest absolute Gasteiger partial charge is 0.393 e. The van der Waals surface area contributed by atoms with Gasteiger partial charge in [0.25, 0.3) is 0 Å². The average molecular weight is 345 g/mol. The van der Waals surface area contributed by atoms with Crippen molar-refractivity contribution in [2.45, 2.75) is 37.8 Å². The molecule has 0 spiro atoms. The minimum Gasteiger partial charge on any atom is -0.393 e. The maximum atomic E-state index is 12.5. The van der Waals surface area contributed by atoms with E-state index < -0.39 is 0 Å². The van der Waals surface area contributed by atoms with Crippen molar-refractivity contribution in [1.82, 2.24) is 14.7 Å². The van der Waals surface area contributed by atoms with E-state index >= 15 is 0 Å². The molecule has 0 saturated carbocycles. The SMILES string of the molecule is CN(CC(=O)N1CCC(O)CC1)C1CCN(CCc2ccccc2)C1. The molecule has 1 aromatic rings. The third-order valence-electron chi connectivity index (χ3n) is 5.63. The fraction of sp³-hybridized carbons (Fsp3) is 0.650. The van der Waals surface area contributed by atoms with Crippen LogP contribution in [0, 0.1) is 0 Å². The van der Waals surface area contributed by atoms with E-state index in [0.717, 1.165) is 32.5 Å². The Hall–Kier alpha value is -1.43. The number of aliphatic hydroxyl groups is 1. The predicted octanol–water partition coefficient (Wildman–Crippen LogP) is 1.22. The van der Waals surface area contributed by atoms with Crippen LogP contribution in [0.2, 0.25) is 0 Å². The quantitative estimate of drug-likeness (QED) is 0.842. The van der Waals surface area contributed by atoms with Crippen LogP contribution in [0.1, 0.15) is 24.8 Å². The number of likely N-dealkylation sites (N-methyl/N-ethyl adjacent to an activating group) is 1. The number of hydrogen-bond donors (Lipinski definition) is 1. The molecular formula is C20H31N3O2. The van der Waals surface area contributed by atoms with Crippen LogP contribution in [-0.2, 0) is 11.2 Å². The first-order chi connectivity index (χ1) is 12.1. The molecule has 1 atom stereocenters. The Morgan fingerprint density at radius 3 is 2.60 bits per heavy atom. The van der Waals surface area contributed by atoms with Gasteiger partial charge in [0, 0.05) is 32.2 Å². The molecule has 0 radical (unpaired) electrons. The maximum absolute atomic E-state index is 12.5. The molecular weight excluding hydrogens is 314 g/mol. The van der Waals surface area contributed by atoms with Crippen LogP contribution >= 0.6 is 0 Å². The number of aliphatic hydroxyl groups excluding tert-OH is 1. The second kappa shape index (κ2) is 8.79. The van der Waals surface area contributed by atoms with Crippen molar-refractivity contribution >= 4 is 5.91 Å². The molecule has 2 aliphatic rings. The lowest BCUT2D eigenvalue weighted by Crippen LogP contribution is -2.47. The van der Waals surface area contributed by atoms with Crippen LogP contribution in [-0.4, -0.2) is 84.2 Å². The number of piperidine rings is 1. The monoisotopic (exact) mass is 345 g/mol. The van der Waals surface area contributed by atoms with E-state index in [1.807, 2.05) is 4.90 Å². The summed E-state index contributed by atoms with van der Waals surface area (Å²) in [4.78, 5) is 19.1. The van der Waals surface area contributed by atoms with E-state index in [9.17, 15) is 9.90 Å². The Morgan fingerprint density at radius 1 is 1.16 bits per heavy atom. The maximum Gasteiger partial charge on any atom is 0.236 e. The van der Waals surface area contributed by atoms with E-state index in [2.05, 4.69) is 47.2 Å². The van der Waals surface area contributed by atoms with Gasteiger partial charge in [-0.2, -0.15) is 0 Å². The normalized spacial score (nSPS) is 22.7. The first-order valence-electron chi connectivity index (χ1n) is 9.54. The summed E-state index contributed by atoms with van der Waals surface area (Å²) in [6.07, 6.45) is 3.43. The van der Waals surface area contributed by atoms with Gasteiger partial charge in [-0.1, -0.05) is 30.3 Å². The molecule has 0 bridgehead atoms. The first kappa shape index (κ1) is 18.4. The van der Waals surface area contributed by atoms with E-state index in [4.69, 9.17) is 0 Å². The van der Waals surface area contributed by atoms with E-state index in [-0.39, 0.29) is 12.0 Å². The van der Waals surface area contributed by atoms with Gasteiger partial charge in [0.05, 0.1) is 12.6 Å². The van der Waals surface area contributed by atoms with Gasteiger partial charge in [-0.05, 0) is 44.8 Å². The summed E-state index contributed by atoms with van der Waals surface area (Å²) in [6.45, 7) is 5.14. The van der Waals surface area contributed by atoms with Crippen LogP contribution in [0.25, 0.3) is 0 Å². The highest BCUT2D eigenvalue weighted by atomic mass is 16.3. The number of benzene rings is 1. The van der Waals surface area contributed by atoms with Gasteiger partial charge in [-0.3, -0.25) is 9.69 Å². The number of rotatable bonds is 6. The highest BCUT2D eigenvalue weighted by molar-refractivity contribution is 5.78. The van der Waals surface area contributed by atoms with Gasteiger partial charge in [0.1, 0.15) is 0 Å². The molecule has 1 unspecified atom stereocenters. The third-order valence-corrected chi connectivity index (χ3v) is 5.63. The van der Waals surface area contributed by atoms with Crippen LogP contribution in [0.4, 0.5) is 0 Å². The smallest absolute Gasteiger partial charge is 0.236 e. The fourth-order valence-electron chi connectivity index (χ4n) is 3.86. The average Bonchev–Trinajstić information content (AvgIpc) is 3.10. The molecule has 0 aromatic heterocycles. The first-order valence-corrected chi connectivity index (χ1v) is 9.54. The van der Waals surface area contributed by atoms with Crippen molar-refractivity contribution in [3.05, 3.63) is 35.9 Å². The Kier molecular flexibility index (Phi) is 6.45. The number of nitrogens with zero attached hydrogens (tertiary/aromatic N) is 3. The third kappa shape index (κ3) is 5.27. The van der Waals surface area contributed by atoms with Gasteiger partial charge < -0.3 is 14.9 Å². The van der Waals surface area contributed by atoms with Gasteiger partial charge in [-0.15, -0.1) is 0 Å². The van der Waals surface area contributed by atoms with Crippen molar-refractivity contribution in [3.63, 3.8) is 0 Å². The molecule has 2 aliphatic heterocycles. The summed E-state index contributed by atoms with van der Waals surface area (Å²) in [5, 5.41) is 9.57. The molecule has 1 aromatic carbocycles. The van der Waals surface area contributed by atoms with Gasteiger partial charge >= 0.3 is 0 Å². The molecule has 2 saturated heterocycles. The predicted molar refractivity (Wildman–Crippen MR) is 99.4 cm³/mol. The second-order valence-corrected chi connectivity index (χ2v) is 7.51. The lowest BCUT2D eigenvalue weighted by atomic mass is 10.1. The van der Waals surface area contributed by atoms with Crippen molar-refractivity contribution < 1.29 is 9.90 Å². The van der Waals surface area contributed by atoms with Crippen LogP contribution in [0.3, 0.4) is 0 Å². The summed E-state index contributed by atoms with van der Waals surface area (Å²) in [5.74, 6) is 0.206. The molecule has 5 heteroatoms. The second-order valence-electron chi connectivity index (χ2n) is 7.51. The topological polar surface area (TPSA) is 47.0 Å². The molecule has 0 aliphatic carbocycles. The lowest BCUT2D eigenvalue weighted by Gasteiger charge is -2.32. The highest BCUT2D eigenvalue weighted by Gasteiger charge is 2.28. The standard InChI is InChI=1S/C20H31N3O2/c1-21(16-20(25)23-13-9-19(24)10-14-23)18-8-12-22(15-18)11-7-17-5-3-2-4-6-17/h2-6,18-19,24H,7-16H2,1H3. The summed E-state index contributed by atoms with van der Waals surface area (Å²) in [6, 6.07) is 11.1. The van der Waals surface area contributed by atoms with Crippen LogP contribution < -0.4 is 0 Å². The van der Waals surface area contributed by atoms with Crippen molar-refractivity contribution in [2.24, 2.45) is 0 Å². The molecule has 3 rings (SSSR count). The number of carbonyl (C=O) groups is 1. The van der Waals surface area contributed by atoms with Crippen molar-refractivity contribution in [1.29, 1.82) is 0 Å². The Morgan fingerprint density at radius 2 is 1.88 bits per heavy atom. The fourth-order valence-corrected chi connectivity index (χ4v) is 3.86. The minimum atomic E-state index is -0.227. The molecule has 2 heterocycles. The molecule has 138 valence electrons. The number of likely N-dealkylation sites (tertiary alicyclic amines) is 2. The van der Waals surface area contributed by atoms with Crippen LogP contribution in [0.5, 0.6) is 0 Å². The van der Waals surface area contributed by atoms with Crippen molar-refractivity contribution in [2.75, 3.05) is 46.3 Å². The molecule has 1 amide bonds. The zero-order valence-electron chi connectivity index (χ0n) is 15.3. The molecule has 2 fully saturated rings. The lowest BCUT2D eigenvalue weighted by molar-refractivity contribution is -0.134. The number of carbonyl (C=O) groups excluding carboxylic acids is 1. The van der Waals surface area contributed by atoms with Gasteiger partial charge in [0.2, 0.25) is 5.91 Å². The zero-order valence-corrected chi connectivity index (χ0v) is 15.3. The number of hydrogen-bond acceptors (Lipinski definition) is 4. The van der Waals surface area contributed by atoms with Crippen LogP contribution in [0.15, 0.2) is 30.3 Å². The summed E-state index contributed by atoms with van der Waals surface area (Å²) in [7, 11) is 2.07. The van der Waals surface area contributed by atoms with Crippen molar-refractivity contribution in [3.8, 4) is 0 Å². The number of amides is 1. The minimum absolute atomic E-state index is 0.206. The molecule has 25 heavy (non-hydrogen) atoms. The van der Waals surface area contributed by atoms with E-state index in [0.29, 0.717) is 38.5 Å².